The third kappa shape index (κ3) is 4.42. The first kappa shape index (κ1) is 20.2. The molecular formula is C21H17FN2O4S2. The van der Waals surface area contributed by atoms with Crippen molar-refractivity contribution in [3.05, 3.63) is 82.3 Å². The molecule has 2 aromatic heterocycles. The van der Waals surface area contributed by atoms with E-state index in [4.69, 9.17) is 4.42 Å². The van der Waals surface area contributed by atoms with Crippen LogP contribution in [0.3, 0.4) is 0 Å². The lowest BCUT2D eigenvalue weighted by Gasteiger charge is -2.02. The van der Waals surface area contributed by atoms with Crippen LogP contribution < -0.4 is 5.32 Å². The summed E-state index contributed by atoms with van der Waals surface area (Å²) in [6.07, 6.45) is 3.03. The van der Waals surface area contributed by atoms with Crippen molar-refractivity contribution in [2.45, 2.75) is 12.2 Å². The first-order valence-electron chi connectivity index (χ1n) is 8.98. The highest BCUT2D eigenvalue weighted by atomic mass is 32.2. The molecule has 4 aromatic rings. The third-order valence-corrected chi connectivity index (χ3v) is 6.13. The molecule has 0 atom stereocenters. The number of nitrogens with one attached hydrogen (secondary N) is 1. The Labute approximate surface area is 176 Å². The molecule has 0 bridgehead atoms. The largest absolute Gasteiger partial charge is 0.451 e. The Morgan fingerprint density at radius 2 is 1.90 bits per heavy atom. The van der Waals surface area contributed by atoms with Gasteiger partial charge in [0.15, 0.2) is 20.7 Å². The number of hydrogen-bond acceptors (Lipinski definition) is 6. The molecule has 0 spiro atoms. The lowest BCUT2D eigenvalue weighted by Crippen LogP contribution is -2.14. The van der Waals surface area contributed by atoms with E-state index in [-0.39, 0.29) is 17.3 Å². The van der Waals surface area contributed by atoms with Crippen LogP contribution >= 0.6 is 11.3 Å². The molecule has 0 unspecified atom stereocenters. The summed E-state index contributed by atoms with van der Waals surface area (Å²) in [5, 5.41) is 3.55. The number of furan rings is 1. The van der Waals surface area contributed by atoms with Crippen LogP contribution in [0.5, 0.6) is 0 Å². The highest BCUT2D eigenvalue weighted by Gasteiger charge is 2.24. The number of thiazole rings is 1. The number of sulfone groups is 1. The smallest absolute Gasteiger partial charge is 0.293 e. The Bertz CT molecular complexity index is 1340. The van der Waals surface area contributed by atoms with Crippen LogP contribution in [0.4, 0.5) is 9.52 Å². The molecule has 0 aliphatic rings. The zero-order valence-corrected chi connectivity index (χ0v) is 17.5. The van der Waals surface area contributed by atoms with Crippen molar-refractivity contribution in [1.82, 2.24) is 4.98 Å². The number of aromatic nitrogens is 1. The van der Waals surface area contributed by atoms with Gasteiger partial charge in [-0.1, -0.05) is 36.4 Å². The first-order chi connectivity index (χ1) is 14.3. The van der Waals surface area contributed by atoms with Crippen molar-refractivity contribution in [3.63, 3.8) is 0 Å². The lowest BCUT2D eigenvalue weighted by atomic mass is 10.1. The van der Waals surface area contributed by atoms with E-state index in [0.29, 0.717) is 33.6 Å². The zero-order chi connectivity index (χ0) is 21.3. The van der Waals surface area contributed by atoms with Crippen molar-refractivity contribution in [3.8, 4) is 0 Å². The van der Waals surface area contributed by atoms with Gasteiger partial charge in [-0.3, -0.25) is 10.1 Å². The van der Waals surface area contributed by atoms with Crippen LogP contribution in [-0.4, -0.2) is 25.6 Å². The summed E-state index contributed by atoms with van der Waals surface area (Å²) in [4.78, 5) is 17.8. The average molecular weight is 445 g/mol. The second-order valence-electron chi connectivity index (χ2n) is 6.83. The van der Waals surface area contributed by atoms with Gasteiger partial charge in [0, 0.05) is 34.7 Å². The van der Waals surface area contributed by atoms with E-state index in [1.165, 1.54) is 17.4 Å². The second-order valence-corrected chi connectivity index (χ2v) is 10.1. The van der Waals surface area contributed by atoms with Crippen LogP contribution in [0.25, 0.3) is 11.0 Å². The van der Waals surface area contributed by atoms with Gasteiger partial charge in [0.25, 0.3) is 5.91 Å². The third-order valence-electron chi connectivity index (χ3n) is 4.41. The highest BCUT2D eigenvalue weighted by molar-refractivity contribution is 7.89. The SMILES string of the molecule is CS(=O)(=O)Cc1c(C(=O)Nc2ncc(Cc3ccccc3F)s2)oc2ccccc12. The number of hydrogen-bond donors (Lipinski definition) is 1. The summed E-state index contributed by atoms with van der Waals surface area (Å²) in [5.41, 5.74) is 1.28. The number of nitrogens with zero attached hydrogens (tertiary/aromatic N) is 1. The molecule has 4 rings (SSSR count). The van der Waals surface area contributed by atoms with Crippen LogP contribution in [0.2, 0.25) is 0 Å². The van der Waals surface area contributed by atoms with Crippen molar-refractivity contribution < 1.29 is 22.0 Å². The molecule has 0 radical (unpaired) electrons. The quantitative estimate of drug-likeness (QED) is 0.476. The topological polar surface area (TPSA) is 89.3 Å². The fourth-order valence-corrected chi connectivity index (χ4v) is 4.76. The molecule has 2 aromatic carbocycles. The van der Waals surface area contributed by atoms with Gasteiger partial charge in [-0.15, -0.1) is 11.3 Å². The molecule has 0 saturated carbocycles. The van der Waals surface area contributed by atoms with E-state index >= 15 is 0 Å². The minimum Gasteiger partial charge on any atom is -0.451 e. The predicted octanol–water partition coefficient (Wildman–Crippen LogP) is 4.42. The van der Waals surface area contributed by atoms with Crippen molar-refractivity contribution in [1.29, 1.82) is 0 Å². The maximum atomic E-state index is 13.8. The molecule has 0 aliphatic carbocycles. The van der Waals surface area contributed by atoms with Crippen molar-refractivity contribution >= 4 is 43.2 Å². The Morgan fingerprint density at radius 1 is 1.17 bits per heavy atom. The van der Waals surface area contributed by atoms with Crippen LogP contribution in [-0.2, 0) is 22.0 Å². The molecule has 154 valence electrons. The maximum Gasteiger partial charge on any atom is 0.293 e. The second kappa shape index (κ2) is 8.00. The summed E-state index contributed by atoms with van der Waals surface area (Å²) in [6, 6.07) is 13.4. The van der Waals surface area contributed by atoms with Gasteiger partial charge in [-0.25, -0.2) is 17.8 Å². The summed E-state index contributed by atoms with van der Waals surface area (Å²) in [6.45, 7) is 0. The minimum atomic E-state index is -3.39. The molecule has 2 heterocycles. The van der Waals surface area contributed by atoms with Gasteiger partial charge in [0.05, 0.1) is 5.75 Å². The molecule has 0 fully saturated rings. The van der Waals surface area contributed by atoms with E-state index < -0.39 is 15.7 Å². The fourth-order valence-electron chi connectivity index (χ4n) is 3.12. The molecule has 0 aliphatic heterocycles. The zero-order valence-electron chi connectivity index (χ0n) is 15.9. The Balaban J connectivity index is 1.59. The summed E-state index contributed by atoms with van der Waals surface area (Å²) >= 11 is 1.22. The molecular weight excluding hydrogens is 427 g/mol. The number of benzene rings is 2. The van der Waals surface area contributed by atoms with E-state index in [0.717, 1.165) is 11.1 Å². The van der Waals surface area contributed by atoms with Crippen LogP contribution in [0.15, 0.2) is 59.1 Å². The number of carbonyl (C=O) groups is 1. The molecule has 0 saturated heterocycles. The van der Waals surface area contributed by atoms with Crippen molar-refractivity contribution in [2.24, 2.45) is 0 Å². The standard InChI is InChI=1S/C21H17FN2O4S2/c1-30(26,27)12-16-15-7-3-5-9-18(15)28-19(16)20(25)24-21-23-11-14(29-21)10-13-6-2-4-8-17(13)22/h2-9,11H,10,12H2,1H3,(H,23,24,25). The summed E-state index contributed by atoms with van der Waals surface area (Å²) in [5.74, 6) is -1.27. The minimum absolute atomic E-state index is 0.0625. The molecule has 30 heavy (non-hydrogen) atoms. The number of anilines is 1. The Hall–Kier alpha value is -3.04. The number of amides is 1. The number of para-hydroxylation sites is 1. The summed E-state index contributed by atoms with van der Waals surface area (Å²) < 4.78 is 43.2. The van der Waals surface area contributed by atoms with Crippen molar-refractivity contribution in [2.75, 3.05) is 11.6 Å². The molecule has 6 nitrogen and oxygen atoms in total. The van der Waals surface area contributed by atoms with E-state index in [2.05, 4.69) is 10.3 Å². The molecule has 1 N–H and O–H groups in total. The molecule has 1 amide bonds. The van der Waals surface area contributed by atoms with Gasteiger partial charge in [-0.2, -0.15) is 0 Å². The van der Waals surface area contributed by atoms with E-state index in [9.17, 15) is 17.6 Å². The van der Waals surface area contributed by atoms with Gasteiger partial charge in [0.1, 0.15) is 11.4 Å². The Kier molecular flexibility index (Phi) is 5.40. The van der Waals surface area contributed by atoms with Crippen LogP contribution in [0.1, 0.15) is 26.6 Å². The first-order valence-corrected chi connectivity index (χ1v) is 11.9. The van der Waals surface area contributed by atoms with Gasteiger partial charge < -0.3 is 4.42 Å². The Morgan fingerprint density at radius 3 is 2.67 bits per heavy atom. The van der Waals surface area contributed by atoms with Gasteiger partial charge >= 0.3 is 0 Å². The van der Waals surface area contributed by atoms with Gasteiger partial charge in [-0.05, 0) is 17.7 Å². The summed E-state index contributed by atoms with van der Waals surface area (Å²) in [7, 11) is -3.39. The van der Waals surface area contributed by atoms with Crippen LogP contribution in [0, 0.1) is 5.82 Å². The normalized spacial score (nSPS) is 11.7. The number of halogens is 1. The number of rotatable bonds is 6. The fraction of sp³-hybridized carbons (Fsp3) is 0.143. The monoisotopic (exact) mass is 444 g/mol. The average Bonchev–Trinajstić information content (AvgIpc) is 3.27. The number of carbonyl (C=O) groups excluding carboxylic acids is 1. The molecule has 9 heteroatoms. The highest BCUT2D eigenvalue weighted by Crippen LogP contribution is 2.29. The maximum absolute atomic E-state index is 13.8. The van der Waals surface area contributed by atoms with E-state index in [1.807, 2.05) is 0 Å². The number of fused-ring (bicyclic) bond motifs is 1. The van der Waals surface area contributed by atoms with Gasteiger partial charge in [0.2, 0.25) is 0 Å². The lowest BCUT2D eigenvalue weighted by molar-refractivity contribution is 0.0998. The predicted molar refractivity (Wildman–Crippen MR) is 114 cm³/mol. The van der Waals surface area contributed by atoms with E-state index in [1.54, 1.807) is 48.7 Å².